The first kappa shape index (κ1) is 12.4. The molecule has 0 amide bonds. The molecule has 3 aromatic rings. The summed E-state index contributed by atoms with van der Waals surface area (Å²) in [6.45, 7) is 0. The van der Waals surface area contributed by atoms with E-state index in [-0.39, 0.29) is 5.75 Å². The Hall–Kier alpha value is -2.68. The third kappa shape index (κ3) is 2.26. The highest BCUT2D eigenvalue weighted by molar-refractivity contribution is 5.93. The van der Waals surface area contributed by atoms with Crippen molar-refractivity contribution in [3.63, 3.8) is 0 Å². The Bertz CT molecular complexity index is 736. The molecule has 0 saturated carbocycles. The fourth-order valence-electron chi connectivity index (χ4n) is 2.19. The summed E-state index contributed by atoms with van der Waals surface area (Å²) in [7, 11) is 1.64. The van der Waals surface area contributed by atoms with Gasteiger partial charge in [-0.25, -0.2) is 0 Å². The van der Waals surface area contributed by atoms with Crippen LogP contribution in [-0.4, -0.2) is 12.2 Å². The molecule has 3 nitrogen and oxygen atoms in total. The summed E-state index contributed by atoms with van der Waals surface area (Å²) in [5, 5.41) is 15.4. The summed E-state index contributed by atoms with van der Waals surface area (Å²) in [4.78, 5) is 0. The van der Waals surface area contributed by atoms with Gasteiger partial charge in [-0.15, -0.1) is 0 Å². The number of methoxy groups -OCH3 is 1. The van der Waals surface area contributed by atoms with E-state index in [1.807, 2.05) is 60.7 Å². The van der Waals surface area contributed by atoms with Crippen molar-refractivity contribution in [3.05, 3.63) is 60.7 Å². The fraction of sp³-hybridized carbons (Fsp3) is 0.0588. The lowest BCUT2D eigenvalue weighted by atomic mass is 10.1. The van der Waals surface area contributed by atoms with Crippen molar-refractivity contribution < 1.29 is 9.84 Å². The first-order valence-corrected chi connectivity index (χ1v) is 6.40. The lowest BCUT2D eigenvalue weighted by molar-refractivity contribution is 0.415. The number of nitrogens with one attached hydrogen (secondary N) is 1. The molecule has 0 radical (unpaired) electrons. The first-order chi connectivity index (χ1) is 9.78. The zero-order valence-electron chi connectivity index (χ0n) is 11.1. The van der Waals surface area contributed by atoms with Crippen LogP contribution in [0.25, 0.3) is 10.8 Å². The van der Waals surface area contributed by atoms with Crippen LogP contribution in [0, 0.1) is 0 Å². The third-order valence-electron chi connectivity index (χ3n) is 3.27. The molecule has 3 heteroatoms. The van der Waals surface area contributed by atoms with Crippen molar-refractivity contribution in [3.8, 4) is 11.5 Å². The number of hydrogen-bond donors (Lipinski definition) is 2. The van der Waals surface area contributed by atoms with Crippen LogP contribution in [0.2, 0.25) is 0 Å². The molecular weight excluding hydrogens is 250 g/mol. The molecule has 0 spiro atoms. The largest absolute Gasteiger partial charge is 0.505 e. The highest BCUT2D eigenvalue weighted by atomic mass is 16.5. The second-order valence-corrected chi connectivity index (χ2v) is 4.54. The van der Waals surface area contributed by atoms with Crippen LogP contribution < -0.4 is 10.1 Å². The lowest BCUT2D eigenvalue weighted by Gasteiger charge is -2.11. The van der Waals surface area contributed by atoms with Gasteiger partial charge in [-0.05, 0) is 35.7 Å². The number of ether oxygens (including phenoxy) is 1. The van der Waals surface area contributed by atoms with E-state index >= 15 is 0 Å². The van der Waals surface area contributed by atoms with Gasteiger partial charge in [0.05, 0.1) is 12.8 Å². The summed E-state index contributed by atoms with van der Waals surface area (Å²) in [6.07, 6.45) is 0. The highest BCUT2D eigenvalue weighted by Gasteiger charge is 2.06. The van der Waals surface area contributed by atoms with E-state index in [0.29, 0.717) is 5.69 Å². The third-order valence-corrected chi connectivity index (χ3v) is 3.27. The number of hydrogen-bond acceptors (Lipinski definition) is 3. The van der Waals surface area contributed by atoms with Gasteiger partial charge in [-0.1, -0.05) is 30.3 Å². The number of rotatable bonds is 3. The molecule has 0 aliphatic carbocycles. The molecule has 3 aromatic carbocycles. The van der Waals surface area contributed by atoms with E-state index in [9.17, 15) is 5.11 Å². The molecule has 0 bridgehead atoms. The Labute approximate surface area is 117 Å². The van der Waals surface area contributed by atoms with Crippen LogP contribution in [0.1, 0.15) is 0 Å². The van der Waals surface area contributed by atoms with Gasteiger partial charge in [0.15, 0.2) is 0 Å². The van der Waals surface area contributed by atoms with Gasteiger partial charge >= 0.3 is 0 Å². The summed E-state index contributed by atoms with van der Waals surface area (Å²) in [5.74, 6) is 1.07. The number of aromatic hydroxyl groups is 1. The number of benzene rings is 3. The van der Waals surface area contributed by atoms with Crippen molar-refractivity contribution in [1.29, 1.82) is 0 Å². The maximum absolute atomic E-state index is 10.3. The van der Waals surface area contributed by atoms with Crippen LogP contribution in [0.3, 0.4) is 0 Å². The zero-order valence-corrected chi connectivity index (χ0v) is 11.1. The van der Waals surface area contributed by atoms with Gasteiger partial charge in [0.1, 0.15) is 11.5 Å². The van der Waals surface area contributed by atoms with E-state index in [1.165, 1.54) is 0 Å². The molecule has 0 aliphatic heterocycles. The minimum atomic E-state index is 0.263. The Morgan fingerprint density at radius 1 is 0.900 bits per heavy atom. The van der Waals surface area contributed by atoms with Crippen molar-refractivity contribution in [1.82, 2.24) is 0 Å². The predicted octanol–water partition coefficient (Wildman–Crippen LogP) is 4.30. The van der Waals surface area contributed by atoms with E-state index in [4.69, 9.17) is 4.74 Å². The first-order valence-electron chi connectivity index (χ1n) is 6.40. The second-order valence-electron chi connectivity index (χ2n) is 4.54. The number of anilines is 2. The number of phenols is 1. The highest BCUT2D eigenvalue weighted by Crippen LogP contribution is 2.34. The van der Waals surface area contributed by atoms with Crippen molar-refractivity contribution in [2.24, 2.45) is 0 Å². The average Bonchev–Trinajstić information content (AvgIpc) is 2.51. The molecule has 100 valence electrons. The van der Waals surface area contributed by atoms with Gasteiger partial charge in [0.25, 0.3) is 0 Å². The summed E-state index contributed by atoms with van der Waals surface area (Å²) in [5.41, 5.74) is 1.59. The zero-order chi connectivity index (χ0) is 13.9. The van der Waals surface area contributed by atoms with Crippen LogP contribution in [0.5, 0.6) is 11.5 Å². The maximum atomic E-state index is 10.3. The van der Waals surface area contributed by atoms with E-state index in [2.05, 4.69) is 5.32 Å². The lowest BCUT2D eigenvalue weighted by Crippen LogP contribution is -1.91. The molecule has 3 rings (SSSR count). The molecule has 0 unspecified atom stereocenters. The quantitative estimate of drug-likeness (QED) is 0.694. The summed E-state index contributed by atoms with van der Waals surface area (Å²) >= 11 is 0. The second kappa shape index (κ2) is 5.13. The van der Waals surface area contributed by atoms with E-state index in [0.717, 1.165) is 22.2 Å². The Morgan fingerprint density at radius 3 is 2.40 bits per heavy atom. The predicted molar refractivity (Wildman–Crippen MR) is 81.9 cm³/mol. The molecule has 0 aromatic heterocycles. The molecular formula is C17H15NO2. The summed E-state index contributed by atoms with van der Waals surface area (Å²) in [6, 6.07) is 19.2. The Balaban J connectivity index is 1.95. The van der Waals surface area contributed by atoms with Gasteiger partial charge in [0, 0.05) is 11.1 Å². The van der Waals surface area contributed by atoms with E-state index in [1.54, 1.807) is 7.11 Å². The molecule has 0 aliphatic rings. The van der Waals surface area contributed by atoms with Gasteiger partial charge in [-0.2, -0.15) is 0 Å². The molecule has 0 heterocycles. The Kier molecular flexibility index (Phi) is 3.17. The normalized spacial score (nSPS) is 10.4. The average molecular weight is 265 g/mol. The van der Waals surface area contributed by atoms with E-state index < -0.39 is 0 Å². The smallest absolute Gasteiger partial charge is 0.146 e. The minimum Gasteiger partial charge on any atom is -0.505 e. The van der Waals surface area contributed by atoms with Crippen LogP contribution in [0.4, 0.5) is 11.4 Å². The topological polar surface area (TPSA) is 41.5 Å². The number of fused-ring (bicyclic) bond motifs is 1. The van der Waals surface area contributed by atoms with Crippen molar-refractivity contribution in [2.45, 2.75) is 0 Å². The van der Waals surface area contributed by atoms with Crippen molar-refractivity contribution >= 4 is 22.1 Å². The molecule has 0 fully saturated rings. The number of phenolic OH excluding ortho intramolecular Hbond substituents is 1. The van der Waals surface area contributed by atoms with Crippen molar-refractivity contribution in [2.75, 3.05) is 12.4 Å². The molecule has 2 N–H and O–H groups in total. The van der Waals surface area contributed by atoms with Gasteiger partial charge < -0.3 is 15.2 Å². The summed E-state index contributed by atoms with van der Waals surface area (Å²) < 4.78 is 5.12. The maximum Gasteiger partial charge on any atom is 0.146 e. The van der Waals surface area contributed by atoms with Crippen LogP contribution in [-0.2, 0) is 0 Å². The molecule has 0 atom stereocenters. The van der Waals surface area contributed by atoms with Gasteiger partial charge in [0.2, 0.25) is 0 Å². The Morgan fingerprint density at radius 2 is 1.65 bits per heavy atom. The van der Waals surface area contributed by atoms with Gasteiger partial charge in [-0.3, -0.25) is 0 Å². The fourth-order valence-corrected chi connectivity index (χ4v) is 2.19. The standard InChI is InChI=1S/C17H15NO2/c1-20-14-9-7-13(8-10-14)18-16-11-6-12-4-2-3-5-15(12)17(16)19/h2-11,18-19H,1H3. The molecule has 20 heavy (non-hydrogen) atoms. The van der Waals surface area contributed by atoms with Crippen LogP contribution in [0.15, 0.2) is 60.7 Å². The molecule has 0 saturated heterocycles. The van der Waals surface area contributed by atoms with Crippen LogP contribution >= 0.6 is 0 Å². The monoisotopic (exact) mass is 265 g/mol. The minimum absolute atomic E-state index is 0.263. The SMILES string of the molecule is COc1ccc(Nc2ccc3ccccc3c2O)cc1.